The summed E-state index contributed by atoms with van der Waals surface area (Å²) < 4.78 is 12.0. The first-order chi connectivity index (χ1) is 13.5. The third-order valence-electron chi connectivity index (χ3n) is 4.11. The highest BCUT2D eigenvalue weighted by Gasteiger charge is 2.22. The Kier molecular flexibility index (Phi) is 5.84. The summed E-state index contributed by atoms with van der Waals surface area (Å²) in [4.78, 5) is 14.0. The van der Waals surface area contributed by atoms with Crippen molar-refractivity contribution in [1.82, 2.24) is 9.78 Å². The van der Waals surface area contributed by atoms with Crippen LogP contribution in [0.1, 0.15) is 12.6 Å². The average molecular weight is 380 g/mol. The molecule has 0 aliphatic rings. The van der Waals surface area contributed by atoms with E-state index in [2.05, 4.69) is 10.4 Å². The number of benzene rings is 2. The van der Waals surface area contributed by atoms with Gasteiger partial charge in [0.25, 0.3) is 5.88 Å². The summed E-state index contributed by atoms with van der Waals surface area (Å²) in [6.45, 7) is 3.81. The molecule has 1 heterocycles. The van der Waals surface area contributed by atoms with Crippen LogP contribution in [0.25, 0.3) is 5.69 Å². The van der Waals surface area contributed by atoms with Crippen LogP contribution in [-0.2, 0) is 4.74 Å². The molecule has 7 nitrogen and oxygen atoms in total. The van der Waals surface area contributed by atoms with Crippen molar-refractivity contribution in [3.8, 4) is 11.6 Å². The van der Waals surface area contributed by atoms with E-state index in [9.17, 15) is 4.79 Å². The number of nitrogens with zero attached hydrogens (tertiary/aromatic N) is 3. The van der Waals surface area contributed by atoms with Crippen molar-refractivity contribution in [3.63, 3.8) is 0 Å². The van der Waals surface area contributed by atoms with Gasteiger partial charge in [-0.2, -0.15) is 9.78 Å². The number of carbonyl (C=O) groups excluding carboxylic acids is 1. The molecule has 3 aromatic rings. The third kappa shape index (κ3) is 4.25. The number of hydrogen-bond donors (Lipinski definition) is 1. The molecule has 0 fully saturated rings. The highest BCUT2D eigenvalue weighted by molar-refractivity contribution is 5.73. The summed E-state index contributed by atoms with van der Waals surface area (Å²) in [6.07, 6.45) is -0.773. The third-order valence-corrected chi connectivity index (χ3v) is 4.11. The fraction of sp³-hybridized carbons (Fsp3) is 0.238. The van der Waals surface area contributed by atoms with E-state index in [1.54, 1.807) is 11.6 Å². The summed E-state index contributed by atoms with van der Waals surface area (Å²) in [7, 11) is 3.98. The molecule has 0 unspecified atom stereocenters. The lowest BCUT2D eigenvalue weighted by atomic mass is 10.2. The van der Waals surface area contributed by atoms with E-state index in [-0.39, 0.29) is 12.5 Å². The smallest absolute Gasteiger partial charge is 0.434 e. The molecule has 0 aliphatic carbocycles. The predicted molar refractivity (Wildman–Crippen MR) is 110 cm³/mol. The molecular formula is C21H24N4O3. The van der Waals surface area contributed by atoms with Crippen LogP contribution < -0.4 is 15.0 Å². The van der Waals surface area contributed by atoms with E-state index >= 15 is 0 Å². The first kappa shape index (κ1) is 19.3. The molecule has 0 bridgehead atoms. The van der Waals surface area contributed by atoms with E-state index in [0.717, 1.165) is 17.1 Å². The summed E-state index contributed by atoms with van der Waals surface area (Å²) in [5, 5.41) is 7.86. The van der Waals surface area contributed by atoms with Crippen LogP contribution in [0.15, 0.2) is 54.6 Å². The van der Waals surface area contributed by atoms with Crippen LogP contribution in [0.3, 0.4) is 0 Å². The molecule has 0 spiro atoms. The van der Waals surface area contributed by atoms with Gasteiger partial charge in [0.15, 0.2) is 0 Å². The molecule has 0 atom stereocenters. The summed E-state index contributed by atoms with van der Waals surface area (Å²) in [6, 6.07) is 17.4. The molecule has 2 aromatic carbocycles. The monoisotopic (exact) mass is 380 g/mol. The minimum absolute atomic E-state index is 0.228. The van der Waals surface area contributed by atoms with Crippen LogP contribution in [-0.4, -0.2) is 36.6 Å². The van der Waals surface area contributed by atoms with Crippen molar-refractivity contribution >= 4 is 23.2 Å². The molecule has 1 N–H and O–H groups in total. The van der Waals surface area contributed by atoms with E-state index < -0.39 is 6.16 Å². The number of hydrogen-bond acceptors (Lipinski definition) is 6. The summed E-state index contributed by atoms with van der Waals surface area (Å²) in [5.41, 5.74) is 4.02. The maximum Gasteiger partial charge on any atom is 0.515 e. The van der Waals surface area contributed by atoms with Crippen LogP contribution in [0, 0.1) is 6.92 Å². The van der Waals surface area contributed by atoms with E-state index in [0.29, 0.717) is 11.4 Å². The molecule has 0 saturated carbocycles. The number of aryl methyl sites for hydroxylation is 1. The second-order valence-electron chi connectivity index (χ2n) is 6.36. The Labute approximate surface area is 164 Å². The van der Waals surface area contributed by atoms with Gasteiger partial charge in [0.2, 0.25) is 0 Å². The molecule has 7 heteroatoms. The predicted octanol–water partition coefficient (Wildman–Crippen LogP) is 4.53. The van der Waals surface area contributed by atoms with Gasteiger partial charge in [-0.05, 0) is 50.2 Å². The average Bonchev–Trinajstić information content (AvgIpc) is 2.99. The minimum atomic E-state index is -0.773. The minimum Gasteiger partial charge on any atom is -0.434 e. The molecule has 28 heavy (non-hydrogen) atoms. The lowest BCUT2D eigenvalue weighted by molar-refractivity contribution is 0.102. The molecule has 1 aromatic heterocycles. The molecule has 146 valence electrons. The lowest BCUT2D eigenvalue weighted by Crippen LogP contribution is -2.14. The normalized spacial score (nSPS) is 10.4. The van der Waals surface area contributed by atoms with Crippen LogP contribution in [0.5, 0.6) is 5.88 Å². The van der Waals surface area contributed by atoms with Crippen molar-refractivity contribution in [2.24, 2.45) is 0 Å². The summed E-state index contributed by atoms with van der Waals surface area (Å²) >= 11 is 0. The SMILES string of the molecule is CCOC(=O)Oc1c(Nc2ccc(N(C)C)cc2)c(C)nn1-c1ccccc1. The van der Waals surface area contributed by atoms with Gasteiger partial charge in [-0.1, -0.05) is 18.2 Å². The molecule has 3 rings (SSSR count). The number of nitrogens with one attached hydrogen (secondary N) is 1. The largest absolute Gasteiger partial charge is 0.515 e. The Morgan fingerprint density at radius 3 is 2.39 bits per heavy atom. The van der Waals surface area contributed by atoms with Gasteiger partial charge in [0.05, 0.1) is 18.0 Å². The Morgan fingerprint density at radius 1 is 1.11 bits per heavy atom. The molecule has 0 amide bonds. The number of anilines is 3. The quantitative estimate of drug-likeness (QED) is 0.634. The zero-order valence-corrected chi connectivity index (χ0v) is 16.5. The van der Waals surface area contributed by atoms with Crippen molar-refractivity contribution in [2.45, 2.75) is 13.8 Å². The molecule has 0 radical (unpaired) electrons. The fourth-order valence-electron chi connectivity index (χ4n) is 2.70. The van der Waals surface area contributed by atoms with Crippen LogP contribution in [0.2, 0.25) is 0 Å². The highest BCUT2D eigenvalue weighted by atomic mass is 16.7. The zero-order chi connectivity index (χ0) is 20.1. The van der Waals surface area contributed by atoms with Crippen molar-refractivity contribution in [3.05, 3.63) is 60.3 Å². The van der Waals surface area contributed by atoms with Gasteiger partial charge in [-0.15, -0.1) is 0 Å². The maximum absolute atomic E-state index is 12.0. The van der Waals surface area contributed by atoms with E-state index in [4.69, 9.17) is 9.47 Å². The second-order valence-corrected chi connectivity index (χ2v) is 6.36. The van der Waals surface area contributed by atoms with Gasteiger partial charge in [0, 0.05) is 25.5 Å². The van der Waals surface area contributed by atoms with Gasteiger partial charge < -0.3 is 19.7 Å². The van der Waals surface area contributed by atoms with Gasteiger partial charge >= 0.3 is 6.16 Å². The lowest BCUT2D eigenvalue weighted by Gasteiger charge is -2.14. The number of aromatic nitrogens is 2. The molecular weight excluding hydrogens is 356 g/mol. The number of carbonyl (C=O) groups is 1. The van der Waals surface area contributed by atoms with Crippen LogP contribution in [0.4, 0.5) is 21.9 Å². The topological polar surface area (TPSA) is 68.6 Å². The Balaban J connectivity index is 1.99. The van der Waals surface area contributed by atoms with Crippen LogP contribution >= 0.6 is 0 Å². The van der Waals surface area contributed by atoms with Crippen molar-refractivity contribution < 1.29 is 14.3 Å². The first-order valence-electron chi connectivity index (χ1n) is 9.03. The number of rotatable bonds is 6. The van der Waals surface area contributed by atoms with Gasteiger partial charge in [-0.3, -0.25) is 0 Å². The standard InChI is InChI=1S/C21H24N4O3/c1-5-27-21(26)28-20-19(22-16-11-13-17(14-12-16)24(3)4)15(2)23-25(20)18-9-7-6-8-10-18/h6-14,22H,5H2,1-4H3. The zero-order valence-electron chi connectivity index (χ0n) is 16.5. The van der Waals surface area contributed by atoms with E-state index in [1.807, 2.05) is 80.5 Å². The Hall–Kier alpha value is -3.48. The summed E-state index contributed by atoms with van der Waals surface area (Å²) in [5.74, 6) is 0.277. The molecule has 0 aliphatic heterocycles. The molecule has 0 saturated heterocycles. The maximum atomic E-state index is 12.0. The van der Waals surface area contributed by atoms with Gasteiger partial charge in [0.1, 0.15) is 5.69 Å². The Morgan fingerprint density at radius 2 is 1.79 bits per heavy atom. The van der Waals surface area contributed by atoms with Crippen molar-refractivity contribution in [1.29, 1.82) is 0 Å². The number of ether oxygens (including phenoxy) is 2. The highest BCUT2D eigenvalue weighted by Crippen LogP contribution is 2.34. The Bertz CT molecular complexity index is 934. The van der Waals surface area contributed by atoms with E-state index in [1.165, 1.54) is 0 Å². The number of para-hydroxylation sites is 1. The van der Waals surface area contributed by atoms with Crippen molar-refractivity contribution in [2.75, 3.05) is 30.9 Å². The second kappa shape index (κ2) is 8.47. The first-order valence-corrected chi connectivity index (χ1v) is 9.03. The van der Waals surface area contributed by atoms with Gasteiger partial charge in [-0.25, -0.2) is 4.79 Å². The fourth-order valence-corrected chi connectivity index (χ4v) is 2.70.